The third kappa shape index (κ3) is 3.18. The molecule has 6 heteroatoms. The van der Waals surface area contributed by atoms with E-state index in [1.165, 1.54) is 4.90 Å². The van der Waals surface area contributed by atoms with E-state index in [1.54, 1.807) is 4.90 Å². The van der Waals surface area contributed by atoms with Crippen LogP contribution in [0.1, 0.15) is 33.1 Å². The van der Waals surface area contributed by atoms with Crippen LogP contribution in [-0.4, -0.2) is 63.3 Å². The molecule has 0 bridgehead atoms. The van der Waals surface area contributed by atoms with Gasteiger partial charge >= 0.3 is 12.0 Å². The minimum atomic E-state index is -1.04. The van der Waals surface area contributed by atoms with E-state index in [-0.39, 0.29) is 25.0 Å². The second-order valence-electron chi connectivity index (χ2n) is 5.96. The maximum absolute atomic E-state index is 12.5. The average Bonchev–Trinajstić information content (AvgIpc) is 3.07. The molecule has 1 aliphatic carbocycles. The quantitative estimate of drug-likeness (QED) is 0.789. The monoisotopic (exact) mass is 270 g/mol. The van der Waals surface area contributed by atoms with Gasteiger partial charge < -0.3 is 20.0 Å². The Kier molecular flexibility index (Phi) is 3.99. The molecule has 1 aliphatic heterocycles. The molecule has 2 aliphatic rings. The number of carbonyl (C=O) groups excluding carboxylic acids is 1. The lowest BCUT2D eigenvalue weighted by Crippen LogP contribution is -2.50. The smallest absolute Gasteiger partial charge is 0.326 e. The molecule has 2 atom stereocenters. The van der Waals surface area contributed by atoms with Gasteiger partial charge in [0, 0.05) is 25.6 Å². The minimum absolute atomic E-state index is 0.122. The largest absolute Gasteiger partial charge is 0.480 e. The summed E-state index contributed by atoms with van der Waals surface area (Å²) in [5, 5.41) is 18.8. The van der Waals surface area contributed by atoms with Crippen molar-refractivity contribution < 1.29 is 19.8 Å². The molecule has 6 nitrogen and oxygen atoms in total. The summed E-state index contributed by atoms with van der Waals surface area (Å²) < 4.78 is 0. The summed E-state index contributed by atoms with van der Waals surface area (Å²) in [5.41, 5.74) is 0. The van der Waals surface area contributed by atoms with Gasteiger partial charge in [0.05, 0.1) is 6.10 Å². The summed E-state index contributed by atoms with van der Waals surface area (Å²) >= 11 is 0. The number of amides is 2. The summed E-state index contributed by atoms with van der Waals surface area (Å²) in [6.07, 6.45) is 1.38. The number of hydrogen-bond donors (Lipinski definition) is 2. The Bertz CT molecular complexity index is 368. The van der Waals surface area contributed by atoms with Gasteiger partial charge in [-0.3, -0.25) is 0 Å². The second-order valence-corrected chi connectivity index (χ2v) is 5.96. The van der Waals surface area contributed by atoms with Crippen molar-refractivity contribution in [1.29, 1.82) is 0 Å². The minimum Gasteiger partial charge on any atom is -0.480 e. The lowest BCUT2D eigenvalue weighted by molar-refractivity contribution is -0.141. The molecule has 0 radical (unpaired) electrons. The Morgan fingerprint density at radius 2 is 2.00 bits per heavy atom. The van der Waals surface area contributed by atoms with Crippen LogP contribution in [0, 0.1) is 5.92 Å². The van der Waals surface area contributed by atoms with E-state index in [9.17, 15) is 14.7 Å². The number of carboxylic acid groups (broad SMARTS) is 1. The van der Waals surface area contributed by atoms with E-state index in [0.29, 0.717) is 12.5 Å². The molecule has 108 valence electrons. The van der Waals surface area contributed by atoms with Gasteiger partial charge in [0.2, 0.25) is 0 Å². The number of carbonyl (C=O) groups is 2. The Balaban J connectivity index is 2.09. The van der Waals surface area contributed by atoms with Gasteiger partial charge in [-0.25, -0.2) is 9.59 Å². The van der Waals surface area contributed by atoms with Crippen LogP contribution in [0.5, 0.6) is 0 Å². The summed E-state index contributed by atoms with van der Waals surface area (Å²) in [7, 11) is 0. The third-order valence-corrected chi connectivity index (χ3v) is 3.60. The van der Waals surface area contributed by atoms with Crippen molar-refractivity contribution in [2.45, 2.75) is 51.3 Å². The number of nitrogens with zero attached hydrogens (tertiary/aromatic N) is 2. The molecule has 1 unspecified atom stereocenters. The van der Waals surface area contributed by atoms with Crippen LogP contribution >= 0.6 is 0 Å². The number of hydrogen-bond acceptors (Lipinski definition) is 3. The lowest BCUT2D eigenvalue weighted by atomic mass is 10.2. The molecule has 0 aromatic rings. The second kappa shape index (κ2) is 5.36. The highest BCUT2D eigenvalue weighted by molar-refractivity contribution is 5.83. The highest BCUT2D eigenvalue weighted by atomic mass is 16.4. The van der Waals surface area contributed by atoms with Crippen molar-refractivity contribution in [1.82, 2.24) is 9.80 Å². The zero-order valence-electron chi connectivity index (χ0n) is 11.5. The Labute approximate surface area is 113 Å². The van der Waals surface area contributed by atoms with Gasteiger partial charge in [-0.05, 0) is 18.8 Å². The van der Waals surface area contributed by atoms with Crippen LogP contribution in [0.25, 0.3) is 0 Å². The summed E-state index contributed by atoms with van der Waals surface area (Å²) in [6, 6.07) is -0.877. The number of carboxylic acids is 1. The van der Waals surface area contributed by atoms with Crippen LogP contribution in [0.3, 0.4) is 0 Å². The fourth-order valence-electron chi connectivity index (χ4n) is 2.59. The van der Waals surface area contributed by atoms with Gasteiger partial charge in [-0.15, -0.1) is 0 Å². The Morgan fingerprint density at radius 1 is 1.37 bits per heavy atom. The number of aliphatic carboxylic acids is 1. The fourth-order valence-corrected chi connectivity index (χ4v) is 2.59. The highest BCUT2D eigenvalue weighted by Crippen LogP contribution is 2.30. The van der Waals surface area contributed by atoms with E-state index in [4.69, 9.17) is 5.11 Å². The molecule has 2 rings (SSSR count). The zero-order chi connectivity index (χ0) is 14.2. The van der Waals surface area contributed by atoms with Crippen LogP contribution < -0.4 is 0 Å². The summed E-state index contributed by atoms with van der Waals surface area (Å²) in [5.74, 6) is -0.689. The predicted octanol–water partition coefficient (Wildman–Crippen LogP) is 0.747. The molecule has 0 aromatic carbocycles. The molecule has 1 saturated carbocycles. The highest BCUT2D eigenvalue weighted by Gasteiger charge is 2.43. The standard InChI is InChI=1S/C13H22N2O4/c1-8(2)6-14(9-3-4-9)13(19)15-7-10(16)5-11(15)12(17)18/h8-11,16H,3-7H2,1-2H3,(H,17,18)/t10?,11-/m0/s1. The first-order valence-corrected chi connectivity index (χ1v) is 6.88. The van der Waals surface area contributed by atoms with Crippen molar-refractivity contribution in [2.24, 2.45) is 5.92 Å². The van der Waals surface area contributed by atoms with Crippen molar-refractivity contribution >= 4 is 12.0 Å². The Hall–Kier alpha value is -1.30. The van der Waals surface area contributed by atoms with Gasteiger partial charge in [-0.1, -0.05) is 13.8 Å². The molecular weight excluding hydrogens is 248 g/mol. The van der Waals surface area contributed by atoms with Crippen LogP contribution in [0.15, 0.2) is 0 Å². The average molecular weight is 270 g/mol. The molecule has 0 aromatic heterocycles. The Morgan fingerprint density at radius 3 is 2.47 bits per heavy atom. The number of rotatable bonds is 4. The normalized spacial score (nSPS) is 26.8. The van der Waals surface area contributed by atoms with E-state index >= 15 is 0 Å². The molecule has 0 spiro atoms. The number of urea groups is 1. The number of β-amino-alcohol motifs (C(OH)–C–C–N with tert-alkyl or cyclic N) is 1. The van der Waals surface area contributed by atoms with Crippen LogP contribution in [-0.2, 0) is 4.79 Å². The zero-order valence-corrected chi connectivity index (χ0v) is 11.5. The van der Waals surface area contributed by atoms with Crippen molar-refractivity contribution in [3.63, 3.8) is 0 Å². The third-order valence-electron chi connectivity index (χ3n) is 3.60. The maximum Gasteiger partial charge on any atom is 0.326 e. The fraction of sp³-hybridized carbons (Fsp3) is 0.846. The molecule has 2 fully saturated rings. The van der Waals surface area contributed by atoms with Crippen molar-refractivity contribution in [2.75, 3.05) is 13.1 Å². The van der Waals surface area contributed by atoms with E-state index in [0.717, 1.165) is 12.8 Å². The maximum atomic E-state index is 12.5. The van der Waals surface area contributed by atoms with Crippen LogP contribution in [0.4, 0.5) is 4.79 Å². The van der Waals surface area contributed by atoms with Crippen molar-refractivity contribution in [3.05, 3.63) is 0 Å². The van der Waals surface area contributed by atoms with Gasteiger partial charge in [0.1, 0.15) is 6.04 Å². The number of aliphatic hydroxyl groups is 1. The predicted molar refractivity (Wildman–Crippen MR) is 68.7 cm³/mol. The number of likely N-dealkylation sites (tertiary alicyclic amines) is 1. The molecule has 2 amide bonds. The van der Waals surface area contributed by atoms with E-state index < -0.39 is 18.1 Å². The summed E-state index contributed by atoms with van der Waals surface area (Å²) in [6.45, 7) is 4.84. The molecular formula is C13H22N2O4. The van der Waals surface area contributed by atoms with E-state index in [1.807, 2.05) is 13.8 Å². The van der Waals surface area contributed by atoms with Gasteiger partial charge in [0.15, 0.2) is 0 Å². The topological polar surface area (TPSA) is 81.1 Å². The summed E-state index contributed by atoms with van der Waals surface area (Å²) in [4.78, 5) is 26.8. The first kappa shape index (κ1) is 14.1. The van der Waals surface area contributed by atoms with Crippen LogP contribution in [0.2, 0.25) is 0 Å². The van der Waals surface area contributed by atoms with E-state index in [2.05, 4.69) is 0 Å². The molecule has 2 N–H and O–H groups in total. The van der Waals surface area contributed by atoms with Crippen molar-refractivity contribution in [3.8, 4) is 0 Å². The first-order valence-electron chi connectivity index (χ1n) is 6.88. The molecule has 1 saturated heterocycles. The van der Waals surface area contributed by atoms with Gasteiger partial charge in [0.25, 0.3) is 0 Å². The lowest BCUT2D eigenvalue weighted by Gasteiger charge is -2.31. The molecule has 19 heavy (non-hydrogen) atoms. The number of aliphatic hydroxyl groups excluding tert-OH is 1. The van der Waals surface area contributed by atoms with Gasteiger partial charge in [-0.2, -0.15) is 0 Å². The first-order chi connectivity index (χ1) is 8.90. The molecule has 1 heterocycles. The SMILES string of the molecule is CC(C)CN(C(=O)N1CC(O)C[C@H]1C(=O)O)C1CC1.